The minimum absolute atomic E-state index is 0.0868. The number of ether oxygens (including phenoxy) is 2. The average Bonchev–Trinajstić information content (AvgIpc) is 3.30. The van der Waals surface area contributed by atoms with Crippen LogP contribution in [0.1, 0.15) is 37.8 Å². The molecule has 0 heterocycles. The Morgan fingerprint density at radius 3 is 2.71 bits per heavy atom. The summed E-state index contributed by atoms with van der Waals surface area (Å²) in [6.45, 7) is 2.69. The number of hydrogen-bond acceptors (Lipinski definition) is 4. The van der Waals surface area contributed by atoms with E-state index in [-0.39, 0.29) is 11.9 Å². The van der Waals surface area contributed by atoms with Crippen molar-refractivity contribution >= 4 is 5.91 Å². The van der Waals surface area contributed by atoms with E-state index in [4.69, 9.17) is 9.47 Å². The Kier molecular flexibility index (Phi) is 5.44. The SMILES string of the molecule is COc1ccc(OC)c(C(C)NCCC(=O)NC2CC2)c1. The van der Waals surface area contributed by atoms with Crippen molar-refractivity contribution in [1.29, 1.82) is 0 Å². The first-order valence-electron chi connectivity index (χ1n) is 7.38. The van der Waals surface area contributed by atoms with Gasteiger partial charge in [0, 0.05) is 30.6 Å². The minimum atomic E-state index is 0.0868. The van der Waals surface area contributed by atoms with Crippen LogP contribution in [0, 0.1) is 0 Å². The van der Waals surface area contributed by atoms with Crippen LogP contribution < -0.4 is 20.1 Å². The second kappa shape index (κ2) is 7.31. The second-order valence-electron chi connectivity index (χ2n) is 5.38. The molecule has 1 fully saturated rings. The van der Waals surface area contributed by atoms with E-state index in [1.54, 1.807) is 14.2 Å². The maximum atomic E-state index is 11.6. The molecule has 1 saturated carbocycles. The number of nitrogens with one attached hydrogen (secondary N) is 2. The van der Waals surface area contributed by atoms with Crippen molar-refractivity contribution in [3.05, 3.63) is 23.8 Å². The molecular formula is C16H24N2O3. The molecule has 0 radical (unpaired) electrons. The molecule has 1 amide bonds. The van der Waals surface area contributed by atoms with Crippen LogP contribution in [-0.2, 0) is 4.79 Å². The van der Waals surface area contributed by atoms with Gasteiger partial charge in [-0.3, -0.25) is 4.79 Å². The van der Waals surface area contributed by atoms with E-state index in [9.17, 15) is 4.79 Å². The predicted octanol–water partition coefficient (Wildman–Crippen LogP) is 2.02. The summed E-state index contributed by atoms with van der Waals surface area (Å²) in [7, 11) is 3.30. The standard InChI is InChI=1S/C16H24N2O3/c1-11(17-9-8-16(19)18-12-4-5-12)14-10-13(20-2)6-7-15(14)21-3/h6-7,10-12,17H,4-5,8-9H2,1-3H3,(H,18,19). The third-order valence-corrected chi connectivity index (χ3v) is 3.65. The highest BCUT2D eigenvalue weighted by atomic mass is 16.5. The van der Waals surface area contributed by atoms with Gasteiger partial charge in [0.15, 0.2) is 0 Å². The molecule has 5 heteroatoms. The Bertz CT molecular complexity index is 486. The fraction of sp³-hybridized carbons (Fsp3) is 0.562. The molecule has 1 unspecified atom stereocenters. The molecule has 1 aliphatic rings. The molecule has 0 bridgehead atoms. The molecule has 0 saturated heterocycles. The predicted molar refractivity (Wildman–Crippen MR) is 81.7 cm³/mol. The lowest BCUT2D eigenvalue weighted by Crippen LogP contribution is -2.30. The summed E-state index contributed by atoms with van der Waals surface area (Å²) in [6, 6.07) is 6.24. The third-order valence-electron chi connectivity index (χ3n) is 3.65. The van der Waals surface area contributed by atoms with E-state index in [1.807, 2.05) is 18.2 Å². The first kappa shape index (κ1) is 15.6. The topological polar surface area (TPSA) is 59.6 Å². The van der Waals surface area contributed by atoms with Gasteiger partial charge in [-0.1, -0.05) is 0 Å². The van der Waals surface area contributed by atoms with Gasteiger partial charge in [0.1, 0.15) is 11.5 Å². The Morgan fingerprint density at radius 2 is 2.10 bits per heavy atom. The zero-order valence-electron chi connectivity index (χ0n) is 12.9. The molecule has 0 aromatic heterocycles. The number of amides is 1. The van der Waals surface area contributed by atoms with Gasteiger partial charge in [-0.25, -0.2) is 0 Å². The molecule has 0 aliphatic heterocycles. The molecule has 0 spiro atoms. The molecule has 2 N–H and O–H groups in total. The fourth-order valence-corrected chi connectivity index (χ4v) is 2.22. The van der Waals surface area contributed by atoms with E-state index < -0.39 is 0 Å². The van der Waals surface area contributed by atoms with Gasteiger partial charge in [0.25, 0.3) is 0 Å². The Morgan fingerprint density at radius 1 is 1.33 bits per heavy atom. The lowest BCUT2D eigenvalue weighted by molar-refractivity contribution is -0.121. The lowest BCUT2D eigenvalue weighted by Gasteiger charge is -2.18. The molecule has 1 atom stereocenters. The minimum Gasteiger partial charge on any atom is -0.497 e. The van der Waals surface area contributed by atoms with Crippen LogP contribution in [0.3, 0.4) is 0 Å². The highest BCUT2D eigenvalue weighted by Gasteiger charge is 2.22. The van der Waals surface area contributed by atoms with Crippen molar-refractivity contribution in [2.24, 2.45) is 0 Å². The van der Waals surface area contributed by atoms with Crippen molar-refractivity contribution in [2.45, 2.75) is 38.3 Å². The van der Waals surface area contributed by atoms with E-state index >= 15 is 0 Å². The number of rotatable bonds is 8. The van der Waals surface area contributed by atoms with Crippen LogP contribution in [0.2, 0.25) is 0 Å². The summed E-state index contributed by atoms with van der Waals surface area (Å²) in [5.41, 5.74) is 1.03. The van der Waals surface area contributed by atoms with Gasteiger partial charge in [-0.2, -0.15) is 0 Å². The molecule has 1 aliphatic carbocycles. The van der Waals surface area contributed by atoms with Gasteiger partial charge in [-0.15, -0.1) is 0 Å². The maximum Gasteiger partial charge on any atom is 0.221 e. The fourth-order valence-electron chi connectivity index (χ4n) is 2.22. The smallest absolute Gasteiger partial charge is 0.221 e. The normalized spacial score (nSPS) is 15.4. The maximum absolute atomic E-state index is 11.6. The largest absolute Gasteiger partial charge is 0.497 e. The van der Waals surface area contributed by atoms with E-state index in [0.29, 0.717) is 19.0 Å². The van der Waals surface area contributed by atoms with Crippen molar-refractivity contribution in [2.75, 3.05) is 20.8 Å². The first-order chi connectivity index (χ1) is 10.1. The Hall–Kier alpha value is -1.75. The summed E-state index contributed by atoms with van der Waals surface area (Å²) in [6.07, 6.45) is 2.74. The summed E-state index contributed by atoms with van der Waals surface area (Å²) in [4.78, 5) is 11.6. The van der Waals surface area contributed by atoms with Crippen LogP contribution >= 0.6 is 0 Å². The molecule has 5 nitrogen and oxygen atoms in total. The van der Waals surface area contributed by atoms with Crippen molar-refractivity contribution in [1.82, 2.24) is 10.6 Å². The van der Waals surface area contributed by atoms with Gasteiger partial charge in [0.2, 0.25) is 5.91 Å². The summed E-state index contributed by atoms with van der Waals surface area (Å²) >= 11 is 0. The number of carbonyl (C=O) groups excluding carboxylic acids is 1. The Labute approximate surface area is 126 Å². The van der Waals surface area contributed by atoms with Gasteiger partial charge in [0.05, 0.1) is 14.2 Å². The van der Waals surface area contributed by atoms with Gasteiger partial charge < -0.3 is 20.1 Å². The molecule has 116 valence electrons. The van der Waals surface area contributed by atoms with Crippen molar-refractivity contribution in [3.63, 3.8) is 0 Å². The molecule has 21 heavy (non-hydrogen) atoms. The van der Waals surface area contributed by atoms with Crippen LogP contribution in [0.5, 0.6) is 11.5 Å². The number of methoxy groups -OCH3 is 2. The van der Waals surface area contributed by atoms with Crippen molar-refractivity contribution < 1.29 is 14.3 Å². The molecule has 1 aromatic rings. The highest BCUT2D eigenvalue weighted by molar-refractivity contribution is 5.76. The first-order valence-corrected chi connectivity index (χ1v) is 7.38. The molecular weight excluding hydrogens is 268 g/mol. The van der Waals surface area contributed by atoms with Crippen LogP contribution in [0.4, 0.5) is 0 Å². The zero-order chi connectivity index (χ0) is 15.2. The van der Waals surface area contributed by atoms with E-state index in [1.165, 1.54) is 0 Å². The van der Waals surface area contributed by atoms with Gasteiger partial charge >= 0.3 is 0 Å². The highest BCUT2D eigenvalue weighted by Crippen LogP contribution is 2.29. The summed E-state index contributed by atoms with van der Waals surface area (Å²) < 4.78 is 10.6. The zero-order valence-corrected chi connectivity index (χ0v) is 12.9. The monoisotopic (exact) mass is 292 g/mol. The number of benzene rings is 1. The van der Waals surface area contributed by atoms with E-state index in [2.05, 4.69) is 17.6 Å². The number of carbonyl (C=O) groups is 1. The van der Waals surface area contributed by atoms with Crippen molar-refractivity contribution in [3.8, 4) is 11.5 Å². The number of hydrogen-bond donors (Lipinski definition) is 2. The van der Waals surface area contributed by atoms with Crippen LogP contribution in [-0.4, -0.2) is 32.7 Å². The van der Waals surface area contributed by atoms with Crippen LogP contribution in [0.15, 0.2) is 18.2 Å². The molecule has 1 aromatic carbocycles. The quantitative estimate of drug-likeness (QED) is 0.769. The summed E-state index contributed by atoms with van der Waals surface area (Å²) in [5, 5.41) is 6.34. The van der Waals surface area contributed by atoms with Gasteiger partial charge in [-0.05, 0) is 38.0 Å². The Balaban J connectivity index is 1.86. The second-order valence-corrected chi connectivity index (χ2v) is 5.38. The molecule has 2 rings (SSSR count). The lowest BCUT2D eigenvalue weighted by atomic mass is 10.1. The van der Waals surface area contributed by atoms with Crippen LogP contribution in [0.25, 0.3) is 0 Å². The van der Waals surface area contributed by atoms with E-state index in [0.717, 1.165) is 29.9 Å². The summed E-state index contributed by atoms with van der Waals surface area (Å²) in [5.74, 6) is 1.74. The third kappa shape index (κ3) is 4.63. The average molecular weight is 292 g/mol.